The number of rotatable bonds is 5. The molecule has 0 aromatic heterocycles. The Morgan fingerprint density at radius 2 is 1.78 bits per heavy atom. The molecule has 0 spiro atoms. The van der Waals surface area contributed by atoms with E-state index in [0.29, 0.717) is 11.4 Å². The molecule has 100 valence electrons. The predicted octanol–water partition coefficient (Wildman–Crippen LogP) is 2.01. The van der Waals surface area contributed by atoms with E-state index in [1.165, 1.54) is 0 Å². The van der Waals surface area contributed by atoms with Crippen LogP contribution in [0.25, 0.3) is 0 Å². The lowest BCUT2D eigenvalue weighted by atomic mass is 10.3. The molecular weight excluding hydrogens is 250 g/mol. The Morgan fingerprint density at radius 3 is 2.39 bits per heavy atom. The average molecular weight is 269 g/mol. The first kappa shape index (κ1) is 13.2. The van der Waals surface area contributed by atoms with Gasteiger partial charge in [-0.2, -0.15) is 0 Å². The Balaban J connectivity index is 1.82. The molecule has 1 fully saturated rings. The fourth-order valence-corrected chi connectivity index (χ4v) is 3.95. The fraction of sp³-hybridized carbons (Fsp3) is 0.538. The molecule has 2 rings (SSSR count). The van der Waals surface area contributed by atoms with E-state index in [-0.39, 0.29) is 17.6 Å². The van der Waals surface area contributed by atoms with Crippen LogP contribution >= 0.6 is 0 Å². The van der Waals surface area contributed by atoms with E-state index < -0.39 is 9.84 Å². The summed E-state index contributed by atoms with van der Waals surface area (Å²) < 4.78 is 29.4. The number of hydrogen-bond acceptors (Lipinski definition) is 4. The van der Waals surface area contributed by atoms with E-state index in [2.05, 4.69) is 0 Å². The van der Waals surface area contributed by atoms with Crippen LogP contribution in [0.15, 0.2) is 24.3 Å². The number of anilines is 1. The van der Waals surface area contributed by atoms with E-state index in [0.717, 1.165) is 25.7 Å². The number of sulfone groups is 1. The highest BCUT2D eigenvalue weighted by atomic mass is 32.2. The third-order valence-electron chi connectivity index (χ3n) is 3.33. The van der Waals surface area contributed by atoms with Crippen LogP contribution < -0.4 is 10.5 Å². The van der Waals surface area contributed by atoms with Gasteiger partial charge < -0.3 is 10.5 Å². The van der Waals surface area contributed by atoms with Gasteiger partial charge in [-0.1, -0.05) is 12.8 Å². The molecule has 5 heteroatoms. The first-order valence-electron chi connectivity index (χ1n) is 6.28. The normalized spacial score (nSPS) is 16.9. The van der Waals surface area contributed by atoms with Gasteiger partial charge in [-0.25, -0.2) is 8.42 Å². The predicted molar refractivity (Wildman–Crippen MR) is 72.4 cm³/mol. The number of benzene rings is 1. The summed E-state index contributed by atoms with van der Waals surface area (Å²) in [6.07, 6.45) is 3.68. The monoisotopic (exact) mass is 269 g/mol. The third kappa shape index (κ3) is 3.38. The maximum absolute atomic E-state index is 12.0. The van der Waals surface area contributed by atoms with Crippen LogP contribution in [0, 0.1) is 0 Å². The quantitative estimate of drug-likeness (QED) is 0.830. The molecule has 1 aliphatic rings. The molecule has 0 unspecified atom stereocenters. The maximum atomic E-state index is 12.0. The Morgan fingerprint density at radius 1 is 1.17 bits per heavy atom. The van der Waals surface area contributed by atoms with Crippen LogP contribution in [0.5, 0.6) is 5.75 Å². The Hall–Kier alpha value is -1.23. The van der Waals surface area contributed by atoms with Crippen molar-refractivity contribution in [1.29, 1.82) is 0 Å². The second-order valence-corrected chi connectivity index (χ2v) is 7.09. The van der Waals surface area contributed by atoms with Gasteiger partial charge in [0.2, 0.25) is 0 Å². The molecule has 0 aliphatic heterocycles. The van der Waals surface area contributed by atoms with Gasteiger partial charge in [0.05, 0.1) is 11.0 Å². The Labute approximate surface area is 108 Å². The number of nitrogen functional groups attached to an aromatic ring is 1. The minimum atomic E-state index is -2.99. The summed E-state index contributed by atoms with van der Waals surface area (Å²) in [6.45, 7) is 0.211. The highest BCUT2D eigenvalue weighted by Crippen LogP contribution is 2.25. The highest BCUT2D eigenvalue weighted by Gasteiger charge is 2.28. The molecule has 1 aromatic rings. The smallest absolute Gasteiger partial charge is 0.156 e. The summed E-state index contributed by atoms with van der Waals surface area (Å²) in [5, 5.41) is -0.146. The largest absolute Gasteiger partial charge is 0.493 e. The topological polar surface area (TPSA) is 69.4 Å². The summed E-state index contributed by atoms with van der Waals surface area (Å²) in [6, 6.07) is 6.97. The van der Waals surface area contributed by atoms with Crippen molar-refractivity contribution < 1.29 is 13.2 Å². The second kappa shape index (κ2) is 5.61. The molecule has 1 aliphatic carbocycles. The zero-order valence-corrected chi connectivity index (χ0v) is 11.2. The van der Waals surface area contributed by atoms with Crippen molar-refractivity contribution in [1.82, 2.24) is 0 Å². The molecule has 0 radical (unpaired) electrons. The summed E-state index contributed by atoms with van der Waals surface area (Å²) in [7, 11) is -2.99. The van der Waals surface area contributed by atoms with Gasteiger partial charge >= 0.3 is 0 Å². The number of ether oxygens (including phenoxy) is 1. The summed E-state index contributed by atoms with van der Waals surface area (Å²) in [5.41, 5.74) is 6.22. The van der Waals surface area contributed by atoms with Gasteiger partial charge in [0, 0.05) is 5.69 Å². The second-order valence-electron chi connectivity index (χ2n) is 4.69. The summed E-state index contributed by atoms with van der Waals surface area (Å²) in [5.74, 6) is 0.757. The molecule has 0 bridgehead atoms. The standard InChI is InChI=1S/C13H19NO3S/c14-11-5-7-12(8-6-11)17-9-10-18(15,16)13-3-1-2-4-13/h5-8,13H,1-4,9-10,14H2. The van der Waals surface area contributed by atoms with Crippen LogP contribution in [0.4, 0.5) is 5.69 Å². The van der Waals surface area contributed by atoms with E-state index >= 15 is 0 Å². The maximum Gasteiger partial charge on any atom is 0.156 e. The molecule has 0 saturated heterocycles. The summed E-state index contributed by atoms with van der Waals surface area (Å²) >= 11 is 0. The van der Waals surface area contributed by atoms with Crippen molar-refractivity contribution >= 4 is 15.5 Å². The molecule has 0 atom stereocenters. The molecule has 0 heterocycles. The van der Waals surface area contributed by atoms with Crippen molar-refractivity contribution in [3.05, 3.63) is 24.3 Å². The Kier molecular flexibility index (Phi) is 4.11. The van der Waals surface area contributed by atoms with Crippen LogP contribution in [0.1, 0.15) is 25.7 Å². The molecule has 4 nitrogen and oxygen atoms in total. The lowest BCUT2D eigenvalue weighted by Crippen LogP contribution is -2.24. The van der Waals surface area contributed by atoms with E-state index in [1.54, 1.807) is 24.3 Å². The zero-order valence-electron chi connectivity index (χ0n) is 10.3. The van der Waals surface area contributed by atoms with Gasteiger partial charge in [0.25, 0.3) is 0 Å². The Bertz CT molecular complexity index is 475. The zero-order chi connectivity index (χ0) is 13.0. The third-order valence-corrected chi connectivity index (χ3v) is 5.55. The molecule has 1 aromatic carbocycles. The average Bonchev–Trinajstić information content (AvgIpc) is 2.86. The van der Waals surface area contributed by atoms with Gasteiger partial charge in [0.1, 0.15) is 12.4 Å². The van der Waals surface area contributed by atoms with Gasteiger partial charge in [-0.05, 0) is 37.1 Å². The SMILES string of the molecule is Nc1ccc(OCCS(=O)(=O)C2CCCC2)cc1. The lowest BCUT2D eigenvalue weighted by Gasteiger charge is -2.11. The van der Waals surface area contributed by atoms with Crippen LogP contribution in [-0.4, -0.2) is 26.0 Å². The molecule has 18 heavy (non-hydrogen) atoms. The van der Waals surface area contributed by atoms with E-state index in [9.17, 15) is 8.42 Å². The lowest BCUT2D eigenvalue weighted by molar-refractivity contribution is 0.340. The highest BCUT2D eigenvalue weighted by molar-refractivity contribution is 7.92. The van der Waals surface area contributed by atoms with Crippen molar-refractivity contribution in [2.75, 3.05) is 18.1 Å². The van der Waals surface area contributed by atoms with E-state index in [4.69, 9.17) is 10.5 Å². The van der Waals surface area contributed by atoms with Gasteiger partial charge in [0.15, 0.2) is 9.84 Å². The van der Waals surface area contributed by atoms with Crippen LogP contribution in [0.3, 0.4) is 0 Å². The number of nitrogens with two attached hydrogens (primary N) is 1. The van der Waals surface area contributed by atoms with Gasteiger partial charge in [-0.15, -0.1) is 0 Å². The minimum absolute atomic E-state index is 0.0992. The van der Waals surface area contributed by atoms with Crippen LogP contribution in [0.2, 0.25) is 0 Å². The van der Waals surface area contributed by atoms with Crippen molar-refractivity contribution in [2.45, 2.75) is 30.9 Å². The minimum Gasteiger partial charge on any atom is -0.493 e. The van der Waals surface area contributed by atoms with Crippen molar-refractivity contribution in [3.8, 4) is 5.75 Å². The van der Waals surface area contributed by atoms with Crippen molar-refractivity contribution in [3.63, 3.8) is 0 Å². The van der Waals surface area contributed by atoms with Gasteiger partial charge in [-0.3, -0.25) is 0 Å². The fourth-order valence-electron chi connectivity index (χ4n) is 2.25. The van der Waals surface area contributed by atoms with E-state index in [1.807, 2.05) is 0 Å². The molecule has 2 N–H and O–H groups in total. The van der Waals surface area contributed by atoms with Crippen LogP contribution in [-0.2, 0) is 9.84 Å². The molecule has 0 amide bonds. The van der Waals surface area contributed by atoms with Crippen molar-refractivity contribution in [2.24, 2.45) is 0 Å². The first-order chi connectivity index (χ1) is 8.58. The first-order valence-corrected chi connectivity index (χ1v) is 7.99. The number of hydrogen-bond donors (Lipinski definition) is 1. The summed E-state index contributed by atoms with van der Waals surface area (Å²) in [4.78, 5) is 0. The molecule has 1 saturated carbocycles. The molecular formula is C13H19NO3S.